The van der Waals surface area contributed by atoms with Crippen molar-refractivity contribution in [1.29, 1.82) is 0 Å². The van der Waals surface area contributed by atoms with E-state index in [0.29, 0.717) is 0 Å². The maximum absolute atomic E-state index is 4.37. The second-order valence-corrected chi connectivity index (χ2v) is 4.76. The molecule has 0 saturated heterocycles. The molecule has 0 saturated carbocycles. The van der Waals surface area contributed by atoms with Gasteiger partial charge in [-0.15, -0.1) is 0 Å². The maximum atomic E-state index is 4.37. The van der Waals surface area contributed by atoms with Gasteiger partial charge in [-0.2, -0.15) is 0 Å². The second-order valence-electron chi connectivity index (χ2n) is 3.47. The molecule has 15 heavy (non-hydrogen) atoms. The molecule has 3 heterocycles. The molecule has 0 aliphatic carbocycles. The monoisotopic (exact) mass is 262 g/mol. The van der Waals surface area contributed by atoms with E-state index < -0.39 is 0 Å². The number of fused-ring (bicyclic) bond motifs is 6. The van der Waals surface area contributed by atoms with Crippen LogP contribution in [-0.2, 0) is 0 Å². The number of aromatic nitrogens is 4. The van der Waals surface area contributed by atoms with Crippen molar-refractivity contribution in [3.63, 3.8) is 0 Å². The summed E-state index contributed by atoms with van der Waals surface area (Å²) in [5.74, 6) is 0. The molecule has 0 radical (unpaired) electrons. The molecular weight excluding hydrogens is 255 g/mol. The SMILES string of the molecule is c1cc2c(n1)c1nccc1c1[nH][se][nH]c21. The molecule has 4 nitrogen and oxygen atoms in total. The normalized spacial score (nSPS) is 12.0. The molecule has 1 aromatic carbocycles. The van der Waals surface area contributed by atoms with Crippen LogP contribution in [-0.4, -0.2) is 32.9 Å². The van der Waals surface area contributed by atoms with Gasteiger partial charge in [0.05, 0.1) is 0 Å². The zero-order valence-corrected chi connectivity index (χ0v) is 9.33. The summed E-state index contributed by atoms with van der Waals surface area (Å²) < 4.78 is 6.79. The quantitative estimate of drug-likeness (QED) is 0.473. The molecule has 2 N–H and O–H groups in total. The van der Waals surface area contributed by atoms with E-state index in [1.807, 2.05) is 24.5 Å². The predicted molar refractivity (Wildman–Crippen MR) is 60.2 cm³/mol. The van der Waals surface area contributed by atoms with Crippen molar-refractivity contribution >= 4 is 47.8 Å². The van der Waals surface area contributed by atoms with Crippen molar-refractivity contribution in [2.45, 2.75) is 0 Å². The molecule has 0 aliphatic heterocycles. The first-order chi connectivity index (χ1) is 7.45. The molecule has 0 atom stereocenters. The standard InChI is InChI=1S/C10H6N4Se/c1-3-11-7-5(1)9-10(14-15-13-9)6-2-4-12-8(6)7/h1-4,13-14H. The summed E-state index contributed by atoms with van der Waals surface area (Å²) in [4.78, 5) is 8.75. The molecule has 0 aliphatic rings. The molecular formula is C10H6N4Se. The fraction of sp³-hybridized carbons (Fsp3) is 0. The number of aromatic amines is 2. The Hall–Kier alpha value is -1.58. The van der Waals surface area contributed by atoms with Gasteiger partial charge >= 0.3 is 90.3 Å². The summed E-state index contributed by atoms with van der Waals surface area (Å²) in [6.45, 7) is 0. The minimum atomic E-state index is 0.248. The summed E-state index contributed by atoms with van der Waals surface area (Å²) in [6, 6.07) is 4.08. The van der Waals surface area contributed by atoms with Gasteiger partial charge in [0.2, 0.25) is 0 Å². The minimum absolute atomic E-state index is 0.248. The Kier molecular flexibility index (Phi) is 1.28. The van der Waals surface area contributed by atoms with Crippen LogP contribution in [0.2, 0.25) is 0 Å². The van der Waals surface area contributed by atoms with Gasteiger partial charge in [-0.05, 0) is 0 Å². The number of nitrogens with zero attached hydrogens (tertiary/aromatic N) is 2. The van der Waals surface area contributed by atoms with Gasteiger partial charge in [0, 0.05) is 0 Å². The van der Waals surface area contributed by atoms with Crippen LogP contribution in [0.25, 0.3) is 32.8 Å². The zero-order chi connectivity index (χ0) is 9.83. The van der Waals surface area contributed by atoms with Crippen molar-refractivity contribution in [1.82, 2.24) is 17.9 Å². The van der Waals surface area contributed by atoms with Crippen molar-refractivity contribution in [2.24, 2.45) is 0 Å². The molecule has 0 amide bonds. The van der Waals surface area contributed by atoms with Gasteiger partial charge in [-0.3, -0.25) is 0 Å². The molecule has 0 spiro atoms. The van der Waals surface area contributed by atoms with Crippen LogP contribution < -0.4 is 0 Å². The number of benzene rings is 1. The first-order valence-corrected chi connectivity index (χ1v) is 6.33. The topological polar surface area (TPSA) is 57.4 Å². The van der Waals surface area contributed by atoms with Crippen molar-refractivity contribution in [3.8, 4) is 0 Å². The molecule has 72 valence electrons. The Morgan fingerprint density at radius 2 is 1.40 bits per heavy atom. The Labute approximate surface area is 90.5 Å². The van der Waals surface area contributed by atoms with Crippen molar-refractivity contribution in [3.05, 3.63) is 24.5 Å². The summed E-state index contributed by atoms with van der Waals surface area (Å²) in [7, 11) is 0. The van der Waals surface area contributed by atoms with Crippen LogP contribution in [0.3, 0.4) is 0 Å². The Morgan fingerprint density at radius 3 is 1.93 bits per heavy atom. The van der Waals surface area contributed by atoms with E-state index in [9.17, 15) is 0 Å². The van der Waals surface area contributed by atoms with Crippen molar-refractivity contribution < 1.29 is 0 Å². The molecule has 0 unspecified atom stereocenters. The molecule has 5 heteroatoms. The fourth-order valence-corrected chi connectivity index (χ4v) is 3.48. The molecule has 3 aromatic heterocycles. The number of hydrogen-bond acceptors (Lipinski definition) is 2. The van der Waals surface area contributed by atoms with Crippen LogP contribution in [0.4, 0.5) is 0 Å². The van der Waals surface area contributed by atoms with Gasteiger partial charge < -0.3 is 0 Å². The van der Waals surface area contributed by atoms with E-state index in [0.717, 1.165) is 11.0 Å². The third kappa shape index (κ3) is 0.825. The third-order valence-corrected chi connectivity index (χ3v) is 4.00. The van der Waals surface area contributed by atoms with E-state index in [1.165, 1.54) is 21.8 Å². The van der Waals surface area contributed by atoms with E-state index >= 15 is 0 Å². The summed E-state index contributed by atoms with van der Waals surface area (Å²) in [5, 5.41) is 2.34. The molecule has 4 rings (SSSR count). The Morgan fingerprint density at radius 1 is 0.867 bits per heavy atom. The van der Waals surface area contributed by atoms with Gasteiger partial charge in [-0.1, -0.05) is 0 Å². The van der Waals surface area contributed by atoms with Crippen LogP contribution in [0.15, 0.2) is 24.5 Å². The number of nitrogens with one attached hydrogen (secondary N) is 2. The fourth-order valence-electron chi connectivity index (χ4n) is 2.06. The van der Waals surface area contributed by atoms with Gasteiger partial charge in [-0.25, -0.2) is 0 Å². The number of H-pyrrole nitrogens is 2. The number of hydrogen-bond donors (Lipinski definition) is 2. The Bertz CT molecular complexity index is 581. The second kappa shape index (κ2) is 2.51. The third-order valence-electron chi connectivity index (χ3n) is 2.72. The van der Waals surface area contributed by atoms with Crippen LogP contribution in [0.1, 0.15) is 0 Å². The Balaban J connectivity index is 2.56. The van der Waals surface area contributed by atoms with Gasteiger partial charge in [0.1, 0.15) is 0 Å². The molecule has 4 aromatic rings. The van der Waals surface area contributed by atoms with E-state index in [4.69, 9.17) is 0 Å². The molecule has 0 fully saturated rings. The summed E-state index contributed by atoms with van der Waals surface area (Å²) >= 11 is 0.248. The first kappa shape index (κ1) is 7.68. The van der Waals surface area contributed by atoms with Gasteiger partial charge in [0.25, 0.3) is 0 Å². The van der Waals surface area contributed by atoms with E-state index in [2.05, 4.69) is 17.9 Å². The average Bonchev–Trinajstić information content (AvgIpc) is 2.97. The summed E-state index contributed by atoms with van der Waals surface area (Å²) in [5.41, 5.74) is 4.37. The zero-order valence-electron chi connectivity index (χ0n) is 7.61. The average molecular weight is 261 g/mol. The number of rotatable bonds is 0. The van der Waals surface area contributed by atoms with E-state index in [1.54, 1.807) is 0 Å². The van der Waals surface area contributed by atoms with E-state index in [-0.39, 0.29) is 15.0 Å². The molecule has 0 bridgehead atoms. The van der Waals surface area contributed by atoms with Crippen LogP contribution >= 0.6 is 0 Å². The first-order valence-electron chi connectivity index (χ1n) is 4.62. The predicted octanol–water partition coefficient (Wildman–Crippen LogP) is 1.65. The van der Waals surface area contributed by atoms with Crippen LogP contribution in [0, 0.1) is 0 Å². The summed E-state index contributed by atoms with van der Waals surface area (Å²) in [6.07, 6.45) is 3.68. The van der Waals surface area contributed by atoms with Crippen LogP contribution in [0.5, 0.6) is 0 Å². The van der Waals surface area contributed by atoms with Gasteiger partial charge in [0.15, 0.2) is 0 Å². The van der Waals surface area contributed by atoms with Crippen molar-refractivity contribution in [2.75, 3.05) is 0 Å².